The van der Waals surface area contributed by atoms with Gasteiger partial charge in [0.05, 0.1) is 0 Å². The maximum atomic E-state index is 12.7. The van der Waals surface area contributed by atoms with E-state index in [9.17, 15) is 9.59 Å². The summed E-state index contributed by atoms with van der Waals surface area (Å²) in [7, 11) is 0. The Labute approximate surface area is 250 Å². The third kappa shape index (κ3) is 6.40. The summed E-state index contributed by atoms with van der Waals surface area (Å²) in [5.41, 5.74) is 3.09. The van der Waals surface area contributed by atoms with Crippen molar-refractivity contribution < 1.29 is 14.3 Å². The monoisotopic (exact) mass is 560 g/mol. The Balaban J connectivity index is 1.14. The van der Waals surface area contributed by atoms with Crippen molar-refractivity contribution in [1.82, 2.24) is 0 Å². The standard InChI is InChI=1S/C38H56O3/c1-26(2)11-9-12-27(3)32-19-20-33-31-18-17-29-25-30(21-23-37(29,4)34(31)22-24-38(32,33)5)41-36(40)16-10-15-35(39)28-13-7-6-8-14-28/h6-8,13-14,17,26-27,30-34H,9-12,15-16,18-25H2,1-5H3/t27-,30+,31+,32-,33+,34+,37+,38-/m1/s1. The van der Waals surface area contributed by atoms with Crippen molar-refractivity contribution in [2.75, 3.05) is 0 Å². The topological polar surface area (TPSA) is 43.4 Å². The molecule has 3 saturated carbocycles. The van der Waals surface area contributed by atoms with Gasteiger partial charge in [0.25, 0.3) is 0 Å². The summed E-state index contributed by atoms with van der Waals surface area (Å²) < 4.78 is 5.99. The van der Waals surface area contributed by atoms with Gasteiger partial charge in [-0.1, -0.05) is 95.9 Å². The second-order valence-corrected chi connectivity index (χ2v) is 15.3. The predicted molar refractivity (Wildman–Crippen MR) is 168 cm³/mol. The Bertz CT molecular complexity index is 1090. The van der Waals surface area contributed by atoms with Gasteiger partial charge in [0.2, 0.25) is 0 Å². The van der Waals surface area contributed by atoms with E-state index >= 15 is 0 Å². The fraction of sp³-hybridized carbons (Fsp3) is 0.737. The minimum Gasteiger partial charge on any atom is -0.462 e. The number of ketones is 1. The van der Waals surface area contributed by atoms with E-state index in [4.69, 9.17) is 4.74 Å². The van der Waals surface area contributed by atoms with Crippen molar-refractivity contribution in [3.63, 3.8) is 0 Å². The first-order valence-corrected chi connectivity index (χ1v) is 17.1. The Morgan fingerprint density at radius 3 is 2.44 bits per heavy atom. The molecule has 0 aliphatic heterocycles. The maximum absolute atomic E-state index is 12.7. The molecular formula is C38H56O3. The second-order valence-electron chi connectivity index (χ2n) is 15.3. The largest absolute Gasteiger partial charge is 0.462 e. The number of Topliss-reactive ketones (excluding diaryl/α,β-unsaturated/α-hetero) is 1. The maximum Gasteiger partial charge on any atom is 0.306 e. The van der Waals surface area contributed by atoms with Crippen LogP contribution in [0.25, 0.3) is 0 Å². The molecule has 3 fully saturated rings. The van der Waals surface area contributed by atoms with Crippen molar-refractivity contribution in [2.24, 2.45) is 46.3 Å². The lowest BCUT2D eigenvalue weighted by atomic mass is 9.47. The molecule has 1 aromatic carbocycles. The lowest BCUT2D eigenvalue weighted by Gasteiger charge is -2.58. The Hall–Kier alpha value is -1.90. The van der Waals surface area contributed by atoms with Crippen LogP contribution < -0.4 is 0 Å². The Kier molecular flexibility index (Phi) is 9.51. The summed E-state index contributed by atoms with van der Waals surface area (Å²) >= 11 is 0. The van der Waals surface area contributed by atoms with Gasteiger partial charge in [-0.15, -0.1) is 0 Å². The zero-order valence-corrected chi connectivity index (χ0v) is 26.6. The smallest absolute Gasteiger partial charge is 0.306 e. The number of hydrogen-bond donors (Lipinski definition) is 0. The zero-order valence-electron chi connectivity index (χ0n) is 26.6. The van der Waals surface area contributed by atoms with E-state index in [1.54, 1.807) is 5.57 Å². The molecule has 226 valence electrons. The predicted octanol–water partition coefficient (Wildman–Crippen LogP) is 9.99. The zero-order chi connectivity index (χ0) is 29.2. The SMILES string of the molecule is CC(C)CCC[C@@H](C)[C@H]1CC[C@H]2[C@@H]3CC=C4C[C@@H](OC(=O)CCCC(=O)c5ccccc5)CC[C@]4(C)[C@H]3CC[C@]12C. The number of carbonyl (C=O) groups is 2. The molecule has 0 N–H and O–H groups in total. The van der Waals surface area contributed by atoms with Gasteiger partial charge in [0, 0.05) is 24.8 Å². The third-order valence-corrected chi connectivity index (χ3v) is 12.4. The van der Waals surface area contributed by atoms with E-state index in [-0.39, 0.29) is 23.3 Å². The van der Waals surface area contributed by atoms with Gasteiger partial charge < -0.3 is 4.74 Å². The summed E-state index contributed by atoms with van der Waals surface area (Å²) in [5.74, 6) is 5.04. The van der Waals surface area contributed by atoms with E-state index < -0.39 is 0 Å². The first kappa shape index (κ1) is 30.6. The van der Waals surface area contributed by atoms with E-state index in [2.05, 4.69) is 40.7 Å². The molecule has 8 atom stereocenters. The Morgan fingerprint density at radius 2 is 1.68 bits per heavy atom. The number of ether oxygens (including phenoxy) is 1. The van der Waals surface area contributed by atoms with Gasteiger partial charge in [0.1, 0.15) is 6.10 Å². The van der Waals surface area contributed by atoms with Crippen LogP contribution in [0.4, 0.5) is 0 Å². The van der Waals surface area contributed by atoms with Crippen LogP contribution >= 0.6 is 0 Å². The van der Waals surface area contributed by atoms with Crippen LogP contribution in [-0.4, -0.2) is 17.9 Å². The molecule has 0 spiro atoms. The average molecular weight is 561 g/mol. The molecule has 0 aromatic heterocycles. The van der Waals surface area contributed by atoms with Gasteiger partial charge in [0.15, 0.2) is 5.78 Å². The van der Waals surface area contributed by atoms with Crippen molar-refractivity contribution in [1.29, 1.82) is 0 Å². The van der Waals surface area contributed by atoms with Crippen LogP contribution in [0.3, 0.4) is 0 Å². The molecule has 41 heavy (non-hydrogen) atoms. The first-order chi connectivity index (χ1) is 19.6. The normalized spacial score (nSPS) is 35.2. The van der Waals surface area contributed by atoms with Crippen LogP contribution in [-0.2, 0) is 9.53 Å². The molecule has 0 bridgehead atoms. The molecule has 0 amide bonds. The van der Waals surface area contributed by atoms with Crippen LogP contribution in [0.1, 0.15) is 135 Å². The minimum atomic E-state index is -0.137. The first-order valence-electron chi connectivity index (χ1n) is 17.1. The van der Waals surface area contributed by atoms with Gasteiger partial charge in [-0.2, -0.15) is 0 Å². The molecular weight excluding hydrogens is 504 g/mol. The number of esters is 1. The fourth-order valence-electron chi connectivity index (χ4n) is 10.2. The molecule has 0 heterocycles. The second kappa shape index (κ2) is 12.8. The van der Waals surface area contributed by atoms with Gasteiger partial charge in [-0.05, 0) is 97.7 Å². The summed E-state index contributed by atoms with van der Waals surface area (Å²) in [6, 6.07) is 9.36. The van der Waals surface area contributed by atoms with Gasteiger partial charge in [-0.3, -0.25) is 9.59 Å². The van der Waals surface area contributed by atoms with Crippen LogP contribution in [0.15, 0.2) is 42.0 Å². The number of benzene rings is 1. The van der Waals surface area contributed by atoms with Crippen molar-refractivity contribution in [3.8, 4) is 0 Å². The molecule has 3 nitrogen and oxygen atoms in total. The highest BCUT2D eigenvalue weighted by atomic mass is 16.5. The fourth-order valence-corrected chi connectivity index (χ4v) is 10.2. The molecule has 0 saturated heterocycles. The molecule has 1 aromatic rings. The quantitative estimate of drug-likeness (QED) is 0.154. The number of carbonyl (C=O) groups excluding carboxylic acids is 2. The molecule has 4 aliphatic carbocycles. The molecule has 3 heteroatoms. The Morgan fingerprint density at radius 1 is 0.902 bits per heavy atom. The van der Waals surface area contributed by atoms with Crippen LogP contribution in [0, 0.1) is 46.3 Å². The third-order valence-electron chi connectivity index (χ3n) is 12.4. The summed E-state index contributed by atoms with van der Waals surface area (Å²) in [5, 5.41) is 0. The minimum absolute atomic E-state index is 0.000365. The molecule has 4 aliphatic rings. The highest BCUT2D eigenvalue weighted by molar-refractivity contribution is 5.96. The molecule has 0 radical (unpaired) electrons. The van der Waals surface area contributed by atoms with Crippen LogP contribution in [0.2, 0.25) is 0 Å². The summed E-state index contributed by atoms with van der Waals surface area (Å²) in [6.07, 6.45) is 17.9. The number of rotatable bonds is 11. The molecule has 0 unspecified atom stereocenters. The lowest BCUT2D eigenvalue weighted by Crippen LogP contribution is -2.51. The number of hydrogen-bond acceptors (Lipinski definition) is 3. The average Bonchev–Trinajstić information content (AvgIpc) is 3.30. The highest BCUT2D eigenvalue weighted by Gasteiger charge is 2.59. The van der Waals surface area contributed by atoms with Crippen molar-refractivity contribution in [2.45, 2.75) is 131 Å². The van der Waals surface area contributed by atoms with Crippen molar-refractivity contribution >= 4 is 11.8 Å². The summed E-state index contributed by atoms with van der Waals surface area (Å²) in [4.78, 5) is 25.1. The van der Waals surface area contributed by atoms with E-state index in [0.29, 0.717) is 24.7 Å². The van der Waals surface area contributed by atoms with E-state index in [0.717, 1.165) is 60.3 Å². The number of fused-ring (bicyclic) bond motifs is 5. The van der Waals surface area contributed by atoms with Crippen LogP contribution in [0.5, 0.6) is 0 Å². The van der Waals surface area contributed by atoms with E-state index in [1.807, 2.05) is 30.3 Å². The number of allylic oxidation sites excluding steroid dienone is 1. The lowest BCUT2D eigenvalue weighted by molar-refractivity contribution is -0.151. The van der Waals surface area contributed by atoms with Crippen molar-refractivity contribution in [3.05, 3.63) is 47.5 Å². The highest BCUT2D eigenvalue weighted by Crippen LogP contribution is 2.67. The molecule has 5 rings (SSSR count). The van der Waals surface area contributed by atoms with Gasteiger partial charge in [-0.25, -0.2) is 0 Å². The van der Waals surface area contributed by atoms with E-state index in [1.165, 1.54) is 51.4 Å². The summed E-state index contributed by atoms with van der Waals surface area (Å²) in [6.45, 7) is 12.5. The van der Waals surface area contributed by atoms with Gasteiger partial charge >= 0.3 is 5.97 Å².